The van der Waals surface area contributed by atoms with Gasteiger partial charge in [-0.2, -0.15) is 0 Å². The maximum Gasteiger partial charge on any atom is 0.260 e. The minimum atomic E-state index is -0.433. The molecule has 1 aromatic heterocycles. The fourth-order valence-electron chi connectivity index (χ4n) is 2.50. The van der Waals surface area contributed by atoms with E-state index in [1.165, 1.54) is 29.5 Å². The number of aromatic nitrogens is 1. The average Bonchev–Trinajstić information content (AvgIpc) is 3.04. The Labute approximate surface area is 167 Å². The third-order valence-electron chi connectivity index (χ3n) is 3.90. The van der Waals surface area contributed by atoms with Crippen LogP contribution in [0.3, 0.4) is 0 Å². The number of halogens is 2. The van der Waals surface area contributed by atoms with E-state index < -0.39 is 5.82 Å². The first-order chi connectivity index (χ1) is 12.5. The Balaban J connectivity index is 0.00000261. The molecule has 0 aliphatic heterocycles. The molecule has 0 saturated carbocycles. The van der Waals surface area contributed by atoms with Crippen LogP contribution in [0.2, 0.25) is 0 Å². The molecule has 3 aromatic rings. The Morgan fingerprint density at radius 3 is 2.63 bits per heavy atom. The second kappa shape index (κ2) is 9.12. The van der Waals surface area contributed by atoms with Gasteiger partial charge in [-0.3, -0.25) is 9.69 Å². The van der Waals surface area contributed by atoms with Crippen LogP contribution in [0.4, 0.5) is 9.52 Å². The Morgan fingerprint density at radius 1 is 1.19 bits per heavy atom. The highest BCUT2D eigenvalue weighted by atomic mass is 35.5. The number of anilines is 1. The summed E-state index contributed by atoms with van der Waals surface area (Å²) in [5, 5.41) is 0.587. The lowest BCUT2D eigenvalue weighted by molar-refractivity contribution is 0.0985. The monoisotopic (exact) mass is 409 g/mol. The average molecular weight is 410 g/mol. The van der Waals surface area contributed by atoms with Gasteiger partial charge < -0.3 is 9.64 Å². The number of fused-ring (bicyclic) bond motifs is 1. The maximum absolute atomic E-state index is 13.6. The van der Waals surface area contributed by atoms with Crippen molar-refractivity contribution in [2.75, 3.05) is 39.2 Å². The number of amides is 1. The molecule has 0 aliphatic carbocycles. The van der Waals surface area contributed by atoms with E-state index >= 15 is 0 Å². The van der Waals surface area contributed by atoms with E-state index in [1.54, 1.807) is 18.1 Å². The number of carbonyl (C=O) groups is 1. The van der Waals surface area contributed by atoms with Crippen LogP contribution in [0.15, 0.2) is 42.5 Å². The molecule has 0 saturated heterocycles. The Hall–Kier alpha value is -2.22. The fourth-order valence-corrected chi connectivity index (χ4v) is 3.47. The van der Waals surface area contributed by atoms with Gasteiger partial charge in [-0.05, 0) is 44.4 Å². The summed E-state index contributed by atoms with van der Waals surface area (Å²) >= 11 is 1.43. The van der Waals surface area contributed by atoms with Gasteiger partial charge in [0.2, 0.25) is 0 Å². The van der Waals surface area contributed by atoms with Crippen LogP contribution >= 0.6 is 23.7 Å². The van der Waals surface area contributed by atoms with Crippen molar-refractivity contribution in [3.05, 3.63) is 53.8 Å². The van der Waals surface area contributed by atoms with Gasteiger partial charge >= 0.3 is 0 Å². The van der Waals surface area contributed by atoms with E-state index in [1.807, 2.05) is 37.2 Å². The molecule has 27 heavy (non-hydrogen) atoms. The number of methoxy groups -OCH3 is 1. The van der Waals surface area contributed by atoms with Crippen LogP contribution < -0.4 is 9.64 Å². The molecular formula is C19H21ClFN3O2S. The third-order valence-corrected chi connectivity index (χ3v) is 4.96. The summed E-state index contributed by atoms with van der Waals surface area (Å²) in [5.41, 5.74) is 1.08. The van der Waals surface area contributed by atoms with Gasteiger partial charge in [0.15, 0.2) is 5.13 Å². The number of hydrogen-bond donors (Lipinski definition) is 0. The Bertz CT molecular complexity index is 932. The predicted octanol–water partition coefficient (Wildman–Crippen LogP) is 4.07. The van der Waals surface area contributed by atoms with Crippen molar-refractivity contribution in [2.45, 2.75) is 0 Å². The normalized spacial score (nSPS) is 10.7. The quantitative estimate of drug-likeness (QED) is 0.615. The summed E-state index contributed by atoms with van der Waals surface area (Å²) in [7, 11) is 5.48. The fraction of sp³-hybridized carbons (Fsp3) is 0.263. The number of carbonyl (C=O) groups excluding carboxylic acids is 1. The van der Waals surface area contributed by atoms with Gasteiger partial charge in [0.25, 0.3) is 5.91 Å². The van der Waals surface area contributed by atoms with Crippen LogP contribution in [0.1, 0.15) is 10.4 Å². The Kier molecular flexibility index (Phi) is 7.12. The molecule has 0 spiro atoms. The standard InChI is InChI=1S/C19H20FN3O2S.ClH/c1-22(2)9-10-23(18(24)13-5-4-6-14(20)11-13)19-21-16-12-15(25-3)7-8-17(16)26-19;/h4-8,11-12H,9-10H2,1-3H3;1H. The summed E-state index contributed by atoms with van der Waals surface area (Å²) in [4.78, 5) is 21.2. The molecule has 0 bridgehead atoms. The first-order valence-electron chi connectivity index (χ1n) is 8.14. The molecular weight excluding hydrogens is 389 g/mol. The van der Waals surface area contributed by atoms with Gasteiger partial charge in [-0.1, -0.05) is 17.4 Å². The van der Waals surface area contributed by atoms with Crippen LogP contribution in [0.25, 0.3) is 10.2 Å². The lowest BCUT2D eigenvalue weighted by atomic mass is 10.2. The van der Waals surface area contributed by atoms with E-state index in [-0.39, 0.29) is 18.3 Å². The largest absolute Gasteiger partial charge is 0.497 e. The summed E-state index contributed by atoms with van der Waals surface area (Å²) in [6, 6.07) is 11.4. The number of rotatable bonds is 6. The summed E-state index contributed by atoms with van der Waals surface area (Å²) < 4.78 is 19.7. The van der Waals surface area contributed by atoms with Crippen molar-refractivity contribution < 1.29 is 13.9 Å². The molecule has 0 radical (unpaired) electrons. The number of thiazole rings is 1. The molecule has 2 aromatic carbocycles. The second-order valence-electron chi connectivity index (χ2n) is 6.10. The molecule has 144 valence electrons. The van der Waals surface area contributed by atoms with E-state index in [4.69, 9.17) is 4.74 Å². The highest BCUT2D eigenvalue weighted by Gasteiger charge is 2.22. The molecule has 0 atom stereocenters. The molecule has 0 unspecified atom stereocenters. The summed E-state index contributed by atoms with van der Waals surface area (Å²) in [6.07, 6.45) is 0. The van der Waals surface area contributed by atoms with Crippen molar-refractivity contribution in [1.82, 2.24) is 9.88 Å². The lowest BCUT2D eigenvalue weighted by Crippen LogP contribution is -2.36. The van der Waals surface area contributed by atoms with Crippen LogP contribution in [-0.4, -0.2) is 50.1 Å². The number of nitrogens with zero attached hydrogens (tertiary/aromatic N) is 3. The predicted molar refractivity (Wildman–Crippen MR) is 110 cm³/mol. The minimum absolute atomic E-state index is 0. The molecule has 0 fully saturated rings. The summed E-state index contributed by atoms with van der Waals surface area (Å²) in [5.74, 6) is 0.0143. The summed E-state index contributed by atoms with van der Waals surface area (Å²) in [6.45, 7) is 1.12. The van der Waals surface area contributed by atoms with Gasteiger partial charge in [0.1, 0.15) is 11.6 Å². The Morgan fingerprint density at radius 2 is 1.96 bits per heavy atom. The third kappa shape index (κ3) is 4.94. The number of benzene rings is 2. The second-order valence-corrected chi connectivity index (χ2v) is 7.11. The van der Waals surface area contributed by atoms with Crippen molar-refractivity contribution in [2.24, 2.45) is 0 Å². The maximum atomic E-state index is 13.6. The zero-order chi connectivity index (χ0) is 18.7. The molecule has 1 amide bonds. The highest BCUT2D eigenvalue weighted by molar-refractivity contribution is 7.22. The van der Waals surface area contributed by atoms with Crippen molar-refractivity contribution in [1.29, 1.82) is 0 Å². The zero-order valence-corrected chi connectivity index (χ0v) is 16.9. The van der Waals surface area contributed by atoms with E-state index in [2.05, 4.69) is 4.98 Å². The van der Waals surface area contributed by atoms with E-state index in [0.717, 1.165) is 10.2 Å². The van der Waals surface area contributed by atoms with Crippen LogP contribution in [-0.2, 0) is 0 Å². The minimum Gasteiger partial charge on any atom is -0.497 e. The van der Waals surface area contributed by atoms with Crippen molar-refractivity contribution in [3.8, 4) is 5.75 Å². The molecule has 3 rings (SSSR count). The molecule has 0 aliphatic rings. The number of likely N-dealkylation sites (N-methyl/N-ethyl adjacent to an activating group) is 1. The molecule has 5 nitrogen and oxygen atoms in total. The van der Waals surface area contributed by atoms with Crippen molar-refractivity contribution in [3.63, 3.8) is 0 Å². The highest BCUT2D eigenvalue weighted by Crippen LogP contribution is 2.31. The van der Waals surface area contributed by atoms with E-state index in [0.29, 0.717) is 29.5 Å². The zero-order valence-electron chi connectivity index (χ0n) is 15.3. The van der Waals surface area contributed by atoms with Crippen molar-refractivity contribution >= 4 is 45.0 Å². The smallest absolute Gasteiger partial charge is 0.260 e. The molecule has 1 heterocycles. The SMILES string of the molecule is COc1ccc2sc(N(CCN(C)C)C(=O)c3cccc(F)c3)nc2c1.Cl. The van der Waals surface area contributed by atoms with Gasteiger partial charge in [0.05, 0.1) is 17.3 Å². The van der Waals surface area contributed by atoms with Crippen LogP contribution in [0.5, 0.6) is 5.75 Å². The number of ether oxygens (including phenoxy) is 1. The van der Waals surface area contributed by atoms with Gasteiger partial charge in [-0.25, -0.2) is 9.37 Å². The first kappa shape index (κ1) is 21.1. The molecule has 8 heteroatoms. The molecule has 0 N–H and O–H groups in total. The lowest BCUT2D eigenvalue weighted by Gasteiger charge is -2.22. The van der Waals surface area contributed by atoms with Gasteiger partial charge in [0, 0.05) is 24.7 Å². The van der Waals surface area contributed by atoms with Crippen LogP contribution in [0, 0.1) is 5.82 Å². The first-order valence-corrected chi connectivity index (χ1v) is 8.96. The van der Waals surface area contributed by atoms with Gasteiger partial charge in [-0.15, -0.1) is 12.4 Å². The number of hydrogen-bond acceptors (Lipinski definition) is 5. The topological polar surface area (TPSA) is 45.7 Å². The van der Waals surface area contributed by atoms with E-state index in [9.17, 15) is 9.18 Å².